The van der Waals surface area contributed by atoms with E-state index >= 15 is 0 Å². The van der Waals surface area contributed by atoms with Crippen LogP contribution in [-0.4, -0.2) is 68.2 Å². The maximum absolute atomic E-state index is 13.8. The summed E-state index contributed by atoms with van der Waals surface area (Å²) in [6.07, 6.45) is 0.680. The highest BCUT2D eigenvalue weighted by molar-refractivity contribution is 6.44. The largest absolute Gasteiger partial charge is 0.496 e. The molecular weight excluding hydrogens is 444 g/mol. The van der Waals surface area contributed by atoms with Crippen molar-refractivity contribution in [1.29, 1.82) is 0 Å². The molecule has 1 saturated heterocycles. The molecule has 2 unspecified atom stereocenters. The SMILES string of the molecule is COc1ccccc1C1C(C(=O)c2ccc(OCC(C)C)c(C)c2)C(=O)C(=O)N1CCCN(C)C. The Bertz CT molecular complexity index is 1080. The lowest BCUT2D eigenvalue weighted by molar-refractivity contribution is -0.140. The van der Waals surface area contributed by atoms with Crippen LogP contribution in [0.25, 0.3) is 0 Å². The van der Waals surface area contributed by atoms with Gasteiger partial charge in [-0.2, -0.15) is 0 Å². The van der Waals surface area contributed by atoms with Gasteiger partial charge in [0.2, 0.25) is 5.78 Å². The van der Waals surface area contributed by atoms with Crippen LogP contribution in [0.5, 0.6) is 11.5 Å². The lowest BCUT2D eigenvalue weighted by Gasteiger charge is -2.28. The van der Waals surface area contributed by atoms with Gasteiger partial charge < -0.3 is 19.3 Å². The second-order valence-corrected chi connectivity index (χ2v) is 9.73. The van der Waals surface area contributed by atoms with Crippen molar-refractivity contribution in [2.24, 2.45) is 11.8 Å². The standard InChI is InChI=1S/C28H36N2O5/c1-18(2)17-35-22-13-12-20(16-19(22)3)26(31)24-25(21-10-7-8-11-23(21)34-6)30(28(33)27(24)32)15-9-14-29(4)5/h7-8,10-13,16,18,24-25H,9,14-15,17H2,1-6H3. The Morgan fingerprint density at radius 1 is 1.09 bits per heavy atom. The molecule has 35 heavy (non-hydrogen) atoms. The average molecular weight is 481 g/mol. The molecule has 1 aliphatic rings. The number of ether oxygens (including phenoxy) is 2. The van der Waals surface area contributed by atoms with Gasteiger partial charge in [0.15, 0.2) is 5.78 Å². The number of benzene rings is 2. The molecular formula is C28H36N2O5. The minimum Gasteiger partial charge on any atom is -0.496 e. The van der Waals surface area contributed by atoms with Gasteiger partial charge in [0, 0.05) is 17.7 Å². The molecule has 1 fully saturated rings. The Kier molecular flexibility index (Phi) is 8.67. The molecule has 3 rings (SSSR count). The lowest BCUT2D eigenvalue weighted by atomic mass is 9.85. The van der Waals surface area contributed by atoms with E-state index in [1.54, 1.807) is 36.3 Å². The third-order valence-corrected chi connectivity index (χ3v) is 6.18. The highest BCUT2D eigenvalue weighted by atomic mass is 16.5. The number of hydrogen-bond donors (Lipinski definition) is 0. The van der Waals surface area contributed by atoms with Crippen LogP contribution in [0, 0.1) is 18.8 Å². The number of methoxy groups -OCH3 is 1. The number of nitrogens with zero attached hydrogens (tertiary/aromatic N) is 2. The summed E-state index contributed by atoms with van der Waals surface area (Å²) in [4.78, 5) is 43.7. The first kappa shape index (κ1) is 26.4. The van der Waals surface area contributed by atoms with Gasteiger partial charge in [-0.05, 0) is 69.7 Å². The van der Waals surface area contributed by atoms with Gasteiger partial charge in [-0.15, -0.1) is 0 Å². The van der Waals surface area contributed by atoms with Crippen LogP contribution in [0.2, 0.25) is 0 Å². The molecule has 2 aromatic rings. The first-order valence-electron chi connectivity index (χ1n) is 12.1. The first-order chi connectivity index (χ1) is 16.6. The number of amides is 1. The van der Waals surface area contributed by atoms with Gasteiger partial charge in [-0.1, -0.05) is 32.0 Å². The summed E-state index contributed by atoms with van der Waals surface area (Å²) in [6, 6.07) is 11.7. The molecule has 1 heterocycles. The maximum Gasteiger partial charge on any atom is 0.291 e. The molecule has 7 nitrogen and oxygen atoms in total. The molecule has 2 aromatic carbocycles. The number of rotatable bonds is 11. The van der Waals surface area contributed by atoms with Crippen molar-refractivity contribution in [3.63, 3.8) is 0 Å². The Morgan fingerprint density at radius 2 is 1.80 bits per heavy atom. The highest BCUT2D eigenvalue weighted by Crippen LogP contribution is 2.42. The van der Waals surface area contributed by atoms with Crippen LogP contribution in [0.15, 0.2) is 42.5 Å². The van der Waals surface area contributed by atoms with Gasteiger partial charge in [0.05, 0.1) is 19.8 Å². The molecule has 0 radical (unpaired) electrons. The van der Waals surface area contributed by atoms with Crippen molar-refractivity contribution >= 4 is 17.5 Å². The summed E-state index contributed by atoms with van der Waals surface area (Å²) >= 11 is 0. The fourth-order valence-corrected chi connectivity index (χ4v) is 4.44. The molecule has 1 amide bonds. The van der Waals surface area contributed by atoms with E-state index in [0.29, 0.717) is 48.1 Å². The predicted octanol–water partition coefficient (Wildman–Crippen LogP) is 3.94. The summed E-state index contributed by atoms with van der Waals surface area (Å²) in [7, 11) is 5.46. The third kappa shape index (κ3) is 5.90. The van der Waals surface area contributed by atoms with Crippen LogP contribution in [0.4, 0.5) is 0 Å². The van der Waals surface area contributed by atoms with Crippen molar-refractivity contribution in [2.45, 2.75) is 33.2 Å². The zero-order chi connectivity index (χ0) is 25.7. The second-order valence-electron chi connectivity index (χ2n) is 9.73. The van der Waals surface area contributed by atoms with E-state index in [0.717, 1.165) is 12.1 Å². The first-order valence-corrected chi connectivity index (χ1v) is 12.1. The second kappa shape index (κ2) is 11.5. The Hall–Kier alpha value is -3.19. The summed E-state index contributed by atoms with van der Waals surface area (Å²) < 4.78 is 11.4. The van der Waals surface area contributed by atoms with Crippen LogP contribution in [-0.2, 0) is 9.59 Å². The Balaban J connectivity index is 1.99. The number of aryl methyl sites for hydroxylation is 1. The summed E-state index contributed by atoms with van der Waals surface area (Å²) in [6.45, 7) is 7.71. The summed E-state index contributed by atoms with van der Waals surface area (Å²) in [5.74, 6) is -1.18. The molecule has 188 valence electrons. The number of likely N-dealkylation sites (tertiary alicyclic amines) is 1. The molecule has 7 heteroatoms. The van der Waals surface area contributed by atoms with E-state index in [1.165, 1.54) is 0 Å². The third-order valence-electron chi connectivity index (χ3n) is 6.18. The van der Waals surface area contributed by atoms with Crippen LogP contribution in [0.3, 0.4) is 0 Å². The van der Waals surface area contributed by atoms with Gasteiger partial charge in [0.25, 0.3) is 5.91 Å². The quantitative estimate of drug-likeness (QED) is 0.275. The van der Waals surface area contributed by atoms with Crippen molar-refractivity contribution < 1.29 is 23.9 Å². The molecule has 1 aliphatic heterocycles. The number of carbonyl (C=O) groups excluding carboxylic acids is 3. The number of carbonyl (C=O) groups is 3. The number of ketones is 2. The fraction of sp³-hybridized carbons (Fsp3) is 0.464. The summed E-state index contributed by atoms with van der Waals surface area (Å²) in [5, 5.41) is 0. The van der Waals surface area contributed by atoms with E-state index in [4.69, 9.17) is 9.47 Å². The van der Waals surface area contributed by atoms with E-state index in [9.17, 15) is 14.4 Å². The molecule has 0 aliphatic carbocycles. The molecule has 2 atom stereocenters. The van der Waals surface area contributed by atoms with E-state index < -0.39 is 23.7 Å². The van der Waals surface area contributed by atoms with Crippen LogP contribution < -0.4 is 9.47 Å². The van der Waals surface area contributed by atoms with Crippen molar-refractivity contribution in [3.05, 3.63) is 59.2 Å². The minimum atomic E-state index is -1.14. The summed E-state index contributed by atoms with van der Waals surface area (Å²) in [5.41, 5.74) is 1.86. The highest BCUT2D eigenvalue weighted by Gasteiger charge is 2.52. The van der Waals surface area contributed by atoms with Crippen molar-refractivity contribution in [1.82, 2.24) is 9.80 Å². The molecule has 0 N–H and O–H groups in total. The zero-order valence-electron chi connectivity index (χ0n) is 21.5. The minimum absolute atomic E-state index is 0.368. The fourth-order valence-electron chi connectivity index (χ4n) is 4.44. The zero-order valence-corrected chi connectivity index (χ0v) is 21.5. The van der Waals surface area contributed by atoms with Gasteiger partial charge in [-0.3, -0.25) is 14.4 Å². The van der Waals surface area contributed by atoms with E-state index in [1.807, 2.05) is 44.1 Å². The van der Waals surface area contributed by atoms with Gasteiger partial charge in [0.1, 0.15) is 17.4 Å². The smallest absolute Gasteiger partial charge is 0.291 e. The van der Waals surface area contributed by atoms with Crippen molar-refractivity contribution in [2.75, 3.05) is 40.9 Å². The van der Waals surface area contributed by atoms with Gasteiger partial charge >= 0.3 is 0 Å². The predicted molar refractivity (Wildman–Crippen MR) is 135 cm³/mol. The van der Waals surface area contributed by atoms with Crippen LogP contribution >= 0.6 is 0 Å². The topological polar surface area (TPSA) is 76.1 Å². The molecule has 0 bridgehead atoms. The monoisotopic (exact) mass is 480 g/mol. The lowest BCUT2D eigenvalue weighted by Crippen LogP contribution is -2.33. The number of hydrogen-bond acceptors (Lipinski definition) is 6. The Morgan fingerprint density at radius 3 is 2.43 bits per heavy atom. The maximum atomic E-state index is 13.8. The molecule has 0 spiro atoms. The van der Waals surface area contributed by atoms with Gasteiger partial charge in [-0.25, -0.2) is 0 Å². The Labute approximate surface area is 208 Å². The van der Waals surface area contributed by atoms with E-state index in [2.05, 4.69) is 13.8 Å². The average Bonchev–Trinajstić information content (AvgIpc) is 3.07. The molecule has 0 saturated carbocycles. The van der Waals surface area contributed by atoms with Crippen molar-refractivity contribution in [3.8, 4) is 11.5 Å². The van der Waals surface area contributed by atoms with Crippen LogP contribution in [0.1, 0.15) is 47.8 Å². The number of Topliss-reactive ketones (excluding diaryl/α,β-unsaturated/α-hetero) is 2. The number of para-hydroxylation sites is 1. The van der Waals surface area contributed by atoms with E-state index in [-0.39, 0.29) is 5.78 Å². The molecule has 0 aromatic heterocycles. The normalized spacial score (nSPS) is 18.0.